The predicted molar refractivity (Wildman–Crippen MR) is 109 cm³/mol. The molecular weight excluding hydrogens is 290 g/mol. The number of hydrogen-bond donors (Lipinski definition) is 1. The molecule has 0 aliphatic heterocycles. The van der Waals surface area contributed by atoms with Gasteiger partial charge < -0.3 is 5.32 Å². The van der Waals surface area contributed by atoms with Crippen LogP contribution in [0, 0.1) is 11.3 Å². The SMILES string of the molecule is C=CCC(C)(/C(C)=C(/CCCC)C(=C)C(=C)NCCCC)C1CC1. The van der Waals surface area contributed by atoms with Gasteiger partial charge in [0.25, 0.3) is 0 Å². The van der Waals surface area contributed by atoms with E-state index in [1.807, 2.05) is 0 Å². The van der Waals surface area contributed by atoms with Gasteiger partial charge in [-0.25, -0.2) is 0 Å². The molecule has 0 radical (unpaired) electrons. The van der Waals surface area contributed by atoms with E-state index in [0.29, 0.717) is 0 Å². The maximum absolute atomic E-state index is 4.42. The van der Waals surface area contributed by atoms with E-state index in [9.17, 15) is 0 Å². The molecule has 1 fully saturated rings. The third kappa shape index (κ3) is 5.40. The molecule has 0 aromatic heterocycles. The third-order valence-corrected chi connectivity index (χ3v) is 5.73. The highest BCUT2D eigenvalue weighted by atomic mass is 14.9. The lowest BCUT2D eigenvalue weighted by Gasteiger charge is -2.33. The van der Waals surface area contributed by atoms with Crippen molar-refractivity contribution in [2.45, 2.75) is 79.1 Å². The maximum atomic E-state index is 4.42. The predicted octanol–water partition coefficient (Wildman–Crippen LogP) is 6.95. The van der Waals surface area contributed by atoms with E-state index in [-0.39, 0.29) is 5.41 Å². The molecule has 0 bridgehead atoms. The number of unbranched alkanes of at least 4 members (excludes halogenated alkanes) is 2. The summed E-state index contributed by atoms with van der Waals surface area (Å²) >= 11 is 0. The van der Waals surface area contributed by atoms with Crippen molar-refractivity contribution >= 4 is 0 Å². The van der Waals surface area contributed by atoms with E-state index in [4.69, 9.17) is 0 Å². The Morgan fingerprint density at radius 1 is 1.17 bits per heavy atom. The van der Waals surface area contributed by atoms with Crippen molar-refractivity contribution in [2.24, 2.45) is 11.3 Å². The molecule has 0 saturated heterocycles. The Hall–Kier alpha value is -1.24. The Morgan fingerprint density at radius 2 is 1.79 bits per heavy atom. The molecule has 0 amide bonds. The Bertz CT molecular complexity index is 478. The van der Waals surface area contributed by atoms with Crippen molar-refractivity contribution in [1.82, 2.24) is 5.32 Å². The zero-order valence-corrected chi connectivity index (χ0v) is 16.6. The van der Waals surface area contributed by atoms with Crippen molar-refractivity contribution < 1.29 is 0 Å². The molecule has 1 rings (SSSR count). The molecule has 1 nitrogen and oxygen atoms in total. The van der Waals surface area contributed by atoms with Crippen LogP contribution >= 0.6 is 0 Å². The second kappa shape index (κ2) is 9.91. The molecule has 1 aliphatic rings. The number of nitrogens with one attached hydrogen (secondary N) is 1. The van der Waals surface area contributed by atoms with Gasteiger partial charge in [0.05, 0.1) is 0 Å². The zero-order chi connectivity index (χ0) is 18.2. The Balaban J connectivity index is 3.05. The molecule has 1 N–H and O–H groups in total. The van der Waals surface area contributed by atoms with E-state index in [2.05, 4.69) is 58.8 Å². The number of rotatable bonds is 13. The molecule has 1 heteroatoms. The minimum Gasteiger partial charge on any atom is -0.385 e. The van der Waals surface area contributed by atoms with E-state index < -0.39 is 0 Å². The molecule has 136 valence electrons. The van der Waals surface area contributed by atoms with Gasteiger partial charge in [-0.1, -0.05) is 58.4 Å². The minimum absolute atomic E-state index is 0.234. The van der Waals surface area contributed by atoms with Crippen molar-refractivity contribution in [3.05, 3.63) is 48.2 Å². The molecule has 0 aromatic carbocycles. The van der Waals surface area contributed by atoms with Crippen LogP contribution in [0.2, 0.25) is 0 Å². The molecule has 1 unspecified atom stereocenters. The van der Waals surface area contributed by atoms with Gasteiger partial charge in [-0.15, -0.1) is 6.58 Å². The molecule has 0 aromatic rings. The topological polar surface area (TPSA) is 12.0 Å². The summed E-state index contributed by atoms with van der Waals surface area (Å²) in [6.07, 6.45) is 11.8. The van der Waals surface area contributed by atoms with E-state index in [1.54, 1.807) is 0 Å². The van der Waals surface area contributed by atoms with Gasteiger partial charge in [0.1, 0.15) is 0 Å². The summed E-state index contributed by atoms with van der Waals surface area (Å²) in [5.74, 6) is 0.807. The van der Waals surface area contributed by atoms with Crippen LogP contribution in [0.4, 0.5) is 0 Å². The summed E-state index contributed by atoms with van der Waals surface area (Å²) in [4.78, 5) is 0. The van der Waals surface area contributed by atoms with Crippen molar-refractivity contribution in [2.75, 3.05) is 6.54 Å². The van der Waals surface area contributed by atoms with Gasteiger partial charge >= 0.3 is 0 Å². The lowest BCUT2D eigenvalue weighted by atomic mass is 9.72. The fraction of sp³-hybridized carbons (Fsp3) is 0.652. The van der Waals surface area contributed by atoms with Crippen LogP contribution < -0.4 is 5.32 Å². The smallest absolute Gasteiger partial charge is 0.0337 e. The Morgan fingerprint density at radius 3 is 2.29 bits per heavy atom. The van der Waals surface area contributed by atoms with E-state index >= 15 is 0 Å². The summed E-state index contributed by atoms with van der Waals surface area (Å²) in [6, 6.07) is 0. The van der Waals surface area contributed by atoms with Crippen molar-refractivity contribution in [1.29, 1.82) is 0 Å². The second-order valence-corrected chi connectivity index (χ2v) is 7.63. The zero-order valence-electron chi connectivity index (χ0n) is 16.6. The Labute approximate surface area is 151 Å². The summed E-state index contributed by atoms with van der Waals surface area (Å²) in [5, 5.41) is 3.48. The van der Waals surface area contributed by atoms with Crippen molar-refractivity contribution in [3.63, 3.8) is 0 Å². The minimum atomic E-state index is 0.234. The van der Waals surface area contributed by atoms with Crippen LogP contribution in [0.15, 0.2) is 48.2 Å². The fourth-order valence-electron chi connectivity index (χ4n) is 3.61. The van der Waals surface area contributed by atoms with Crippen LogP contribution in [-0.2, 0) is 0 Å². The molecule has 1 saturated carbocycles. The monoisotopic (exact) mass is 329 g/mol. The lowest BCUT2D eigenvalue weighted by molar-refractivity contribution is 0.340. The highest BCUT2D eigenvalue weighted by molar-refractivity contribution is 5.46. The first-order valence-electron chi connectivity index (χ1n) is 9.85. The maximum Gasteiger partial charge on any atom is 0.0337 e. The van der Waals surface area contributed by atoms with Gasteiger partial charge in [-0.3, -0.25) is 0 Å². The molecule has 1 atom stereocenters. The average molecular weight is 330 g/mol. The quantitative estimate of drug-likeness (QED) is 0.219. The third-order valence-electron chi connectivity index (χ3n) is 5.73. The molecule has 24 heavy (non-hydrogen) atoms. The first-order valence-corrected chi connectivity index (χ1v) is 9.85. The normalized spacial score (nSPS) is 17.7. The largest absolute Gasteiger partial charge is 0.385 e. The summed E-state index contributed by atoms with van der Waals surface area (Å²) < 4.78 is 0. The summed E-state index contributed by atoms with van der Waals surface area (Å²) in [5.41, 5.74) is 5.31. The lowest BCUT2D eigenvalue weighted by Crippen LogP contribution is -2.23. The fourth-order valence-corrected chi connectivity index (χ4v) is 3.61. The van der Waals surface area contributed by atoms with Gasteiger partial charge in [-0.05, 0) is 67.9 Å². The first-order chi connectivity index (χ1) is 11.4. The summed E-state index contributed by atoms with van der Waals surface area (Å²) in [7, 11) is 0. The van der Waals surface area contributed by atoms with Gasteiger partial charge in [0.15, 0.2) is 0 Å². The van der Waals surface area contributed by atoms with Crippen LogP contribution in [0.5, 0.6) is 0 Å². The standard InChI is InChI=1S/C23H39N/c1-8-11-13-22(18(4)20(6)24-17-12-9-2)19(5)23(7,16-10-3)21-14-15-21/h10,21,24H,3-4,6,8-9,11-17H2,1-2,5,7H3/b22-19-. The van der Waals surface area contributed by atoms with Gasteiger partial charge in [0.2, 0.25) is 0 Å². The Kier molecular flexibility index (Phi) is 8.59. The van der Waals surface area contributed by atoms with Crippen LogP contribution in [0.3, 0.4) is 0 Å². The van der Waals surface area contributed by atoms with Crippen LogP contribution in [-0.4, -0.2) is 6.54 Å². The van der Waals surface area contributed by atoms with Crippen LogP contribution in [0.1, 0.15) is 79.1 Å². The average Bonchev–Trinajstić information content (AvgIpc) is 3.40. The van der Waals surface area contributed by atoms with E-state index in [1.165, 1.54) is 49.7 Å². The summed E-state index contributed by atoms with van der Waals surface area (Å²) in [6.45, 7) is 22.9. The highest BCUT2D eigenvalue weighted by Gasteiger charge is 2.42. The first kappa shape index (κ1) is 20.8. The highest BCUT2D eigenvalue weighted by Crippen LogP contribution is 2.53. The number of hydrogen-bond acceptors (Lipinski definition) is 1. The molecule has 1 aliphatic carbocycles. The van der Waals surface area contributed by atoms with Crippen molar-refractivity contribution in [3.8, 4) is 0 Å². The van der Waals surface area contributed by atoms with Crippen LogP contribution in [0.25, 0.3) is 0 Å². The molecule has 0 heterocycles. The van der Waals surface area contributed by atoms with Gasteiger partial charge in [0, 0.05) is 12.2 Å². The van der Waals surface area contributed by atoms with E-state index in [0.717, 1.165) is 36.6 Å². The molecule has 0 spiro atoms. The second-order valence-electron chi connectivity index (χ2n) is 7.63. The number of allylic oxidation sites excluding steroid dienone is 3. The van der Waals surface area contributed by atoms with Gasteiger partial charge in [-0.2, -0.15) is 0 Å². The molecular formula is C23H39N.